The van der Waals surface area contributed by atoms with Gasteiger partial charge in [0.15, 0.2) is 5.96 Å². The molecular weight excluding hydrogens is 278 g/mol. The molecule has 1 saturated heterocycles. The SMILES string of the molecule is Cc1cc(Cl)ccc1N=C(N)/N=C(\N)N1CCOCC1. The average Bonchev–Trinajstić information content (AvgIpc) is 2.43. The molecule has 0 unspecified atom stereocenters. The van der Waals surface area contributed by atoms with Gasteiger partial charge in [-0.3, -0.25) is 0 Å². The van der Waals surface area contributed by atoms with Gasteiger partial charge in [-0.05, 0) is 30.7 Å². The fourth-order valence-electron chi connectivity index (χ4n) is 1.87. The third-order valence-corrected chi connectivity index (χ3v) is 3.19. The fourth-order valence-corrected chi connectivity index (χ4v) is 2.10. The van der Waals surface area contributed by atoms with Crippen LogP contribution in [-0.2, 0) is 4.74 Å². The number of guanidine groups is 2. The molecular formula is C13H18ClN5O. The van der Waals surface area contributed by atoms with Crippen molar-refractivity contribution in [3.63, 3.8) is 0 Å². The Morgan fingerprint density at radius 3 is 2.65 bits per heavy atom. The van der Waals surface area contributed by atoms with Crippen molar-refractivity contribution < 1.29 is 4.74 Å². The third kappa shape index (κ3) is 3.85. The van der Waals surface area contributed by atoms with Gasteiger partial charge in [0.2, 0.25) is 5.96 Å². The average molecular weight is 296 g/mol. The van der Waals surface area contributed by atoms with Crippen molar-refractivity contribution in [3.05, 3.63) is 28.8 Å². The van der Waals surface area contributed by atoms with Crippen LogP contribution in [0.15, 0.2) is 28.2 Å². The Morgan fingerprint density at radius 1 is 1.30 bits per heavy atom. The van der Waals surface area contributed by atoms with E-state index in [9.17, 15) is 0 Å². The highest BCUT2D eigenvalue weighted by Crippen LogP contribution is 2.22. The van der Waals surface area contributed by atoms with Crippen LogP contribution in [0.5, 0.6) is 0 Å². The minimum Gasteiger partial charge on any atom is -0.378 e. The molecule has 0 amide bonds. The lowest BCUT2D eigenvalue weighted by Gasteiger charge is -2.27. The van der Waals surface area contributed by atoms with Gasteiger partial charge in [-0.25, -0.2) is 4.99 Å². The molecule has 1 aromatic rings. The topological polar surface area (TPSA) is 89.2 Å². The molecule has 0 atom stereocenters. The molecule has 20 heavy (non-hydrogen) atoms. The minimum absolute atomic E-state index is 0.124. The number of halogens is 1. The maximum absolute atomic E-state index is 5.90. The molecule has 1 aliphatic rings. The maximum Gasteiger partial charge on any atom is 0.223 e. The molecule has 1 heterocycles. The Balaban J connectivity index is 2.13. The highest BCUT2D eigenvalue weighted by atomic mass is 35.5. The normalized spacial score (nSPS) is 17.4. The molecule has 0 bridgehead atoms. The first kappa shape index (κ1) is 14.6. The summed E-state index contributed by atoms with van der Waals surface area (Å²) in [6.45, 7) is 4.62. The van der Waals surface area contributed by atoms with E-state index in [2.05, 4.69) is 9.98 Å². The lowest BCUT2D eigenvalue weighted by atomic mass is 10.2. The summed E-state index contributed by atoms with van der Waals surface area (Å²) in [5, 5.41) is 0.663. The highest BCUT2D eigenvalue weighted by Gasteiger charge is 2.12. The zero-order valence-corrected chi connectivity index (χ0v) is 12.1. The van der Waals surface area contributed by atoms with Gasteiger partial charge >= 0.3 is 0 Å². The van der Waals surface area contributed by atoms with E-state index in [1.54, 1.807) is 12.1 Å². The number of aliphatic imine (C=N–C) groups is 2. The molecule has 2 rings (SSSR count). The molecule has 0 saturated carbocycles. The second kappa shape index (κ2) is 6.58. The first-order chi connectivity index (χ1) is 9.56. The molecule has 0 aliphatic carbocycles. The van der Waals surface area contributed by atoms with Gasteiger partial charge in [-0.15, -0.1) is 0 Å². The summed E-state index contributed by atoms with van der Waals surface area (Å²) in [6, 6.07) is 5.38. The van der Waals surface area contributed by atoms with Crippen molar-refractivity contribution in [1.82, 2.24) is 4.90 Å². The Morgan fingerprint density at radius 2 is 2.00 bits per heavy atom. The van der Waals surface area contributed by atoms with Crippen LogP contribution in [0.3, 0.4) is 0 Å². The minimum atomic E-state index is 0.124. The first-order valence-electron chi connectivity index (χ1n) is 6.33. The standard InChI is InChI=1S/C13H18ClN5O/c1-9-8-10(14)2-3-11(9)17-12(15)18-13(16)19-4-6-20-7-5-19/h2-3,8H,4-7H2,1H3,(H4,15,16,17,18). The maximum atomic E-state index is 5.90. The van der Waals surface area contributed by atoms with Gasteiger partial charge in [0.05, 0.1) is 18.9 Å². The Labute approximate surface area is 123 Å². The number of morpholine rings is 1. The van der Waals surface area contributed by atoms with Crippen LogP contribution in [0.2, 0.25) is 5.02 Å². The number of aryl methyl sites for hydroxylation is 1. The summed E-state index contributed by atoms with van der Waals surface area (Å²) in [7, 11) is 0. The van der Waals surface area contributed by atoms with Gasteiger partial charge in [0.1, 0.15) is 0 Å². The van der Waals surface area contributed by atoms with Crippen molar-refractivity contribution in [2.75, 3.05) is 26.3 Å². The third-order valence-electron chi connectivity index (χ3n) is 2.96. The number of hydrogen-bond donors (Lipinski definition) is 2. The molecule has 1 aromatic carbocycles. The molecule has 0 aromatic heterocycles. The van der Waals surface area contributed by atoms with E-state index in [0.29, 0.717) is 37.3 Å². The van der Waals surface area contributed by atoms with Gasteiger partial charge in [0.25, 0.3) is 0 Å². The van der Waals surface area contributed by atoms with Gasteiger partial charge in [-0.1, -0.05) is 11.6 Å². The van der Waals surface area contributed by atoms with Crippen molar-refractivity contribution in [2.24, 2.45) is 21.5 Å². The van der Waals surface area contributed by atoms with Crippen molar-refractivity contribution >= 4 is 29.2 Å². The molecule has 1 fully saturated rings. The molecule has 0 spiro atoms. The molecule has 4 N–H and O–H groups in total. The van der Waals surface area contributed by atoms with Gasteiger partial charge in [-0.2, -0.15) is 4.99 Å². The summed E-state index contributed by atoms with van der Waals surface area (Å²) in [6.07, 6.45) is 0. The summed E-state index contributed by atoms with van der Waals surface area (Å²) in [4.78, 5) is 10.3. The number of rotatable bonds is 1. The van der Waals surface area contributed by atoms with E-state index in [0.717, 1.165) is 11.3 Å². The largest absolute Gasteiger partial charge is 0.378 e. The van der Waals surface area contributed by atoms with Crippen molar-refractivity contribution in [3.8, 4) is 0 Å². The molecule has 108 valence electrons. The van der Waals surface area contributed by atoms with E-state index in [1.807, 2.05) is 17.9 Å². The summed E-state index contributed by atoms with van der Waals surface area (Å²) < 4.78 is 5.25. The van der Waals surface area contributed by atoms with Crippen LogP contribution in [0, 0.1) is 6.92 Å². The Hall–Kier alpha value is -1.79. The van der Waals surface area contributed by atoms with Crippen LogP contribution in [0.25, 0.3) is 0 Å². The number of nitrogens with zero attached hydrogens (tertiary/aromatic N) is 3. The lowest BCUT2D eigenvalue weighted by molar-refractivity contribution is 0.0676. The van der Waals surface area contributed by atoms with Crippen LogP contribution < -0.4 is 11.5 Å². The molecule has 0 radical (unpaired) electrons. The van der Waals surface area contributed by atoms with Crippen molar-refractivity contribution in [2.45, 2.75) is 6.92 Å². The van der Waals surface area contributed by atoms with E-state index in [4.69, 9.17) is 27.8 Å². The molecule has 1 aliphatic heterocycles. The smallest absolute Gasteiger partial charge is 0.223 e. The van der Waals surface area contributed by atoms with E-state index < -0.39 is 0 Å². The summed E-state index contributed by atoms with van der Waals surface area (Å²) in [5.74, 6) is 0.487. The lowest BCUT2D eigenvalue weighted by Crippen LogP contribution is -2.45. The number of benzene rings is 1. The Bertz CT molecular complexity index is 538. The zero-order valence-electron chi connectivity index (χ0n) is 11.3. The van der Waals surface area contributed by atoms with Crippen LogP contribution >= 0.6 is 11.6 Å². The molecule has 6 nitrogen and oxygen atoms in total. The zero-order chi connectivity index (χ0) is 14.5. The molecule has 7 heteroatoms. The van der Waals surface area contributed by atoms with Crippen LogP contribution in [0.1, 0.15) is 5.56 Å². The highest BCUT2D eigenvalue weighted by molar-refractivity contribution is 6.30. The van der Waals surface area contributed by atoms with E-state index >= 15 is 0 Å². The second-order valence-electron chi connectivity index (χ2n) is 4.47. The van der Waals surface area contributed by atoms with Crippen LogP contribution in [0.4, 0.5) is 5.69 Å². The fraction of sp³-hybridized carbons (Fsp3) is 0.385. The summed E-state index contributed by atoms with van der Waals surface area (Å²) >= 11 is 5.89. The first-order valence-corrected chi connectivity index (χ1v) is 6.71. The van der Waals surface area contributed by atoms with Crippen molar-refractivity contribution in [1.29, 1.82) is 0 Å². The Kier molecular flexibility index (Phi) is 4.81. The number of ether oxygens (including phenoxy) is 1. The number of nitrogens with two attached hydrogens (primary N) is 2. The van der Waals surface area contributed by atoms with Crippen LogP contribution in [-0.4, -0.2) is 43.1 Å². The second-order valence-corrected chi connectivity index (χ2v) is 4.91. The number of hydrogen-bond acceptors (Lipinski definition) is 2. The summed E-state index contributed by atoms with van der Waals surface area (Å²) in [5.41, 5.74) is 13.4. The quantitative estimate of drug-likeness (QED) is 0.602. The monoisotopic (exact) mass is 295 g/mol. The van der Waals surface area contributed by atoms with Gasteiger partial charge in [0, 0.05) is 18.1 Å². The predicted octanol–water partition coefficient (Wildman–Crippen LogP) is 1.24. The predicted molar refractivity (Wildman–Crippen MR) is 81.5 cm³/mol. The van der Waals surface area contributed by atoms with E-state index in [1.165, 1.54) is 0 Å². The van der Waals surface area contributed by atoms with Gasteiger partial charge < -0.3 is 21.1 Å². The van der Waals surface area contributed by atoms with E-state index in [-0.39, 0.29) is 5.96 Å².